The molecule has 0 N–H and O–H groups in total. The van der Waals surface area contributed by atoms with Crippen molar-refractivity contribution in [1.29, 1.82) is 0 Å². The molecule has 0 saturated carbocycles. The van der Waals surface area contributed by atoms with Gasteiger partial charge in [0.2, 0.25) is 5.91 Å². The van der Waals surface area contributed by atoms with Gasteiger partial charge in [-0.1, -0.05) is 48.5 Å². The summed E-state index contributed by atoms with van der Waals surface area (Å²) in [6.45, 7) is 0. The number of rotatable bonds is 2. The standard InChI is InChI=1S/C18H16N2O3/c1-19-15(12-8-4-2-5-9-12)14-16(23-19)18(22)20(17(14)21)13-10-6-3-7-11-13/h2-11,14-16H,1H3/t14-,15-,16+/m1/s1. The van der Waals surface area contributed by atoms with Gasteiger partial charge in [0.15, 0.2) is 6.10 Å². The number of fused-ring (bicyclic) bond motifs is 1. The molecule has 0 aliphatic carbocycles. The SMILES string of the molecule is CN1O[C@@H]2C(=O)N(c3ccccc3)C(=O)[C@@H]2[C@H]1c1ccccc1. The molecule has 2 saturated heterocycles. The van der Waals surface area contributed by atoms with E-state index in [4.69, 9.17) is 4.84 Å². The number of benzene rings is 2. The minimum absolute atomic E-state index is 0.204. The van der Waals surface area contributed by atoms with Crippen molar-refractivity contribution < 1.29 is 14.4 Å². The first-order valence-electron chi connectivity index (χ1n) is 7.56. The highest BCUT2D eigenvalue weighted by atomic mass is 16.7. The lowest BCUT2D eigenvalue weighted by atomic mass is 9.91. The van der Waals surface area contributed by atoms with Crippen molar-refractivity contribution in [2.24, 2.45) is 5.92 Å². The molecule has 4 rings (SSSR count). The maximum atomic E-state index is 12.9. The summed E-state index contributed by atoms with van der Waals surface area (Å²) in [5, 5.41) is 1.63. The van der Waals surface area contributed by atoms with Crippen molar-refractivity contribution in [1.82, 2.24) is 5.06 Å². The summed E-state index contributed by atoms with van der Waals surface area (Å²) < 4.78 is 0. The number of hydrogen-bond acceptors (Lipinski definition) is 4. The van der Waals surface area contributed by atoms with Crippen molar-refractivity contribution in [2.45, 2.75) is 12.1 Å². The van der Waals surface area contributed by atoms with Gasteiger partial charge in [0, 0.05) is 7.05 Å². The van der Waals surface area contributed by atoms with Crippen molar-refractivity contribution in [3.63, 3.8) is 0 Å². The van der Waals surface area contributed by atoms with Crippen LogP contribution >= 0.6 is 0 Å². The molecule has 2 aromatic carbocycles. The lowest BCUT2D eigenvalue weighted by molar-refractivity contribution is -0.160. The van der Waals surface area contributed by atoms with Crippen LogP contribution in [0.1, 0.15) is 11.6 Å². The quantitative estimate of drug-likeness (QED) is 0.798. The maximum Gasteiger partial charge on any atom is 0.265 e. The highest BCUT2D eigenvalue weighted by Crippen LogP contribution is 2.44. The second kappa shape index (κ2) is 5.30. The fourth-order valence-corrected chi connectivity index (χ4v) is 3.45. The number of nitrogens with zero attached hydrogens (tertiary/aromatic N) is 2. The number of amides is 2. The Hall–Kier alpha value is -2.50. The lowest BCUT2D eigenvalue weighted by Gasteiger charge is -2.24. The zero-order valence-electron chi connectivity index (χ0n) is 12.6. The molecule has 5 heteroatoms. The summed E-state index contributed by atoms with van der Waals surface area (Å²) in [6.07, 6.45) is -0.752. The maximum absolute atomic E-state index is 12.9. The van der Waals surface area contributed by atoms with Gasteiger partial charge in [0.1, 0.15) is 0 Å². The average molecular weight is 308 g/mol. The molecule has 3 atom stereocenters. The molecule has 0 spiro atoms. The van der Waals surface area contributed by atoms with E-state index >= 15 is 0 Å². The fourth-order valence-electron chi connectivity index (χ4n) is 3.45. The number of hydroxylamine groups is 2. The second-order valence-corrected chi connectivity index (χ2v) is 5.80. The van der Waals surface area contributed by atoms with Crippen LogP contribution in [-0.4, -0.2) is 30.0 Å². The number of para-hydroxylation sites is 1. The molecule has 0 aromatic heterocycles. The summed E-state index contributed by atoms with van der Waals surface area (Å²) in [5.41, 5.74) is 1.56. The molecule has 0 bridgehead atoms. The molecule has 2 aromatic rings. The van der Waals surface area contributed by atoms with E-state index in [2.05, 4.69) is 0 Å². The molecule has 116 valence electrons. The number of carbonyl (C=O) groups is 2. The highest BCUT2D eigenvalue weighted by molar-refractivity contribution is 6.23. The number of imide groups is 1. The predicted octanol–water partition coefficient (Wildman–Crippen LogP) is 2.16. The van der Waals surface area contributed by atoms with E-state index in [0.29, 0.717) is 5.69 Å². The smallest absolute Gasteiger partial charge is 0.265 e. The second-order valence-electron chi connectivity index (χ2n) is 5.80. The molecule has 2 aliphatic rings. The summed E-state index contributed by atoms with van der Waals surface area (Å²) in [5.74, 6) is -1.02. The first kappa shape index (κ1) is 14.1. The van der Waals surface area contributed by atoms with Gasteiger partial charge in [-0.3, -0.25) is 14.4 Å². The molecule has 23 heavy (non-hydrogen) atoms. The van der Waals surface area contributed by atoms with Crippen molar-refractivity contribution in [3.05, 3.63) is 66.2 Å². The predicted molar refractivity (Wildman–Crippen MR) is 84.2 cm³/mol. The Morgan fingerprint density at radius 1 is 0.870 bits per heavy atom. The minimum atomic E-state index is -0.752. The van der Waals surface area contributed by atoms with Crippen LogP contribution < -0.4 is 4.90 Å². The third-order valence-corrected chi connectivity index (χ3v) is 4.46. The van der Waals surface area contributed by atoms with Gasteiger partial charge >= 0.3 is 0 Å². The van der Waals surface area contributed by atoms with Gasteiger partial charge in [0.25, 0.3) is 5.91 Å². The van der Waals surface area contributed by atoms with Crippen LogP contribution in [0, 0.1) is 5.92 Å². The summed E-state index contributed by atoms with van der Waals surface area (Å²) in [6, 6.07) is 18.4. The number of carbonyl (C=O) groups excluding carboxylic acids is 2. The number of anilines is 1. The average Bonchev–Trinajstić information content (AvgIpc) is 3.04. The molecule has 5 nitrogen and oxygen atoms in total. The topological polar surface area (TPSA) is 49.9 Å². The van der Waals surface area contributed by atoms with Crippen molar-refractivity contribution >= 4 is 17.5 Å². The third-order valence-electron chi connectivity index (χ3n) is 4.46. The number of hydrogen-bond donors (Lipinski definition) is 0. The summed E-state index contributed by atoms with van der Waals surface area (Å²) >= 11 is 0. The first-order valence-corrected chi connectivity index (χ1v) is 7.56. The van der Waals surface area contributed by atoms with Crippen molar-refractivity contribution in [2.75, 3.05) is 11.9 Å². The van der Waals surface area contributed by atoms with Gasteiger partial charge < -0.3 is 0 Å². The van der Waals surface area contributed by atoms with Crippen LogP contribution in [0.25, 0.3) is 0 Å². The van der Waals surface area contributed by atoms with E-state index in [9.17, 15) is 9.59 Å². The molecule has 0 radical (unpaired) electrons. The van der Waals surface area contributed by atoms with E-state index in [0.717, 1.165) is 5.56 Å². The molecule has 2 fully saturated rings. The molecular formula is C18H16N2O3. The van der Waals surface area contributed by atoms with Gasteiger partial charge in [-0.25, -0.2) is 4.90 Å². The Labute approximate surface area is 134 Å². The van der Waals surface area contributed by atoms with Crippen LogP contribution in [0.4, 0.5) is 5.69 Å². The Kier molecular flexibility index (Phi) is 3.25. The first-order chi connectivity index (χ1) is 11.2. The van der Waals surface area contributed by atoms with Crippen LogP contribution in [0.5, 0.6) is 0 Å². The molecule has 0 unspecified atom stereocenters. The Morgan fingerprint density at radius 3 is 2.13 bits per heavy atom. The van der Waals surface area contributed by atoms with Gasteiger partial charge in [-0.2, -0.15) is 5.06 Å². The van der Waals surface area contributed by atoms with Crippen LogP contribution in [0.3, 0.4) is 0 Å². The normalized spacial score (nSPS) is 27.5. The summed E-state index contributed by atoms with van der Waals surface area (Å²) in [4.78, 5) is 32.6. The van der Waals surface area contributed by atoms with Gasteiger partial charge in [0.05, 0.1) is 17.6 Å². The van der Waals surface area contributed by atoms with Crippen LogP contribution in [-0.2, 0) is 14.4 Å². The van der Waals surface area contributed by atoms with Gasteiger partial charge in [-0.05, 0) is 17.7 Å². The molecule has 2 amide bonds. The fraction of sp³-hybridized carbons (Fsp3) is 0.222. The third kappa shape index (κ3) is 2.09. The van der Waals surface area contributed by atoms with E-state index in [1.807, 2.05) is 48.5 Å². The van der Waals surface area contributed by atoms with E-state index < -0.39 is 12.0 Å². The zero-order valence-corrected chi connectivity index (χ0v) is 12.6. The van der Waals surface area contributed by atoms with Gasteiger partial charge in [-0.15, -0.1) is 0 Å². The largest absolute Gasteiger partial charge is 0.284 e. The van der Waals surface area contributed by atoms with Crippen LogP contribution in [0.15, 0.2) is 60.7 Å². The molecule has 2 heterocycles. The monoisotopic (exact) mass is 308 g/mol. The molecule has 2 aliphatic heterocycles. The van der Waals surface area contributed by atoms with E-state index in [-0.39, 0.29) is 17.9 Å². The Balaban J connectivity index is 1.73. The van der Waals surface area contributed by atoms with Crippen molar-refractivity contribution in [3.8, 4) is 0 Å². The summed E-state index contributed by atoms with van der Waals surface area (Å²) in [7, 11) is 1.77. The lowest BCUT2D eigenvalue weighted by Crippen LogP contribution is -2.36. The Bertz CT molecular complexity index is 747. The highest BCUT2D eigenvalue weighted by Gasteiger charge is 2.59. The zero-order chi connectivity index (χ0) is 16.0. The van der Waals surface area contributed by atoms with E-state index in [1.165, 1.54) is 4.90 Å². The molecular weight excluding hydrogens is 292 g/mol. The van der Waals surface area contributed by atoms with E-state index in [1.54, 1.807) is 24.2 Å². The minimum Gasteiger partial charge on any atom is -0.284 e. The van der Waals surface area contributed by atoms with Crippen LogP contribution in [0.2, 0.25) is 0 Å². The Morgan fingerprint density at radius 2 is 1.48 bits per heavy atom.